The van der Waals surface area contributed by atoms with E-state index in [0.29, 0.717) is 28.4 Å². The van der Waals surface area contributed by atoms with Crippen molar-refractivity contribution in [2.24, 2.45) is 0 Å². The summed E-state index contributed by atoms with van der Waals surface area (Å²) in [6.45, 7) is 0. The van der Waals surface area contributed by atoms with E-state index in [-0.39, 0.29) is 16.8 Å². The molecular formula is C16H8ClF2N5O3. The first-order chi connectivity index (χ1) is 13.0. The quantitative estimate of drug-likeness (QED) is 0.525. The van der Waals surface area contributed by atoms with E-state index in [1.54, 1.807) is 22.9 Å². The van der Waals surface area contributed by atoms with Crippen LogP contribution >= 0.6 is 11.6 Å². The van der Waals surface area contributed by atoms with Gasteiger partial charge in [-0.1, -0.05) is 0 Å². The monoisotopic (exact) mass is 391 g/mol. The van der Waals surface area contributed by atoms with Crippen LogP contribution in [0.15, 0.2) is 47.5 Å². The van der Waals surface area contributed by atoms with Crippen molar-refractivity contribution in [2.75, 3.05) is 5.32 Å². The Morgan fingerprint density at radius 3 is 2.85 bits per heavy atom. The first-order valence-electron chi connectivity index (χ1n) is 7.59. The molecule has 0 bridgehead atoms. The van der Waals surface area contributed by atoms with Gasteiger partial charge >= 0.3 is 6.29 Å². The van der Waals surface area contributed by atoms with E-state index < -0.39 is 6.29 Å². The van der Waals surface area contributed by atoms with Gasteiger partial charge in [-0.15, -0.1) is 8.78 Å². The van der Waals surface area contributed by atoms with Crippen molar-refractivity contribution in [3.8, 4) is 17.2 Å². The summed E-state index contributed by atoms with van der Waals surface area (Å²) in [7, 11) is 0. The minimum atomic E-state index is -3.66. The predicted molar refractivity (Wildman–Crippen MR) is 89.9 cm³/mol. The summed E-state index contributed by atoms with van der Waals surface area (Å²) < 4.78 is 42.1. The van der Waals surface area contributed by atoms with Crippen molar-refractivity contribution in [1.82, 2.24) is 19.5 Å². The minimum Gasteiger partial charge on any atom is -0.459 e. The van der Waals surface area contributed by atoms with Crippen molar-refractivity contribution >= 4 is 34.3 Å². The lowest BCUT2D eigenvalue weighted by Gasteiger charge is -2.04. The van der Waals surface area contributed by atoms with Crippen LogP contribution in [0.1, 0.15) is 0 Å². The summed E-state index contributed by atoms with van der Waals surface area (Å²) in [6.07, 6.45) is 0.950. The molecule has 3 aromatic heterocycles. The number of halogens is 3. The molecule has 0 unspecified atom stereocenters. The Morgan fingerprint density at radius 1 is 1.11 bits per heavy atom. The van der Waals surface area contributed by atoms with Crippen LogP contribution in [0.4, 0.5) is 20.4 Å². The van der Waals surface area contributed by atoms with Gasteiger partial charge in [0.25, 0.3) is 0 Å². The van der Waals surface area contributed by atoms with Gasteiger partial charge in [-0.2, -0.15) is 4.98 Å². The number of benzene rings is 1. The first kappa shape index (κ1) is 15.8. The fourth-order valence-corrected chi connectivity index (χ4v) is 2.84. The minimum absolute atomic E-state index is 0.0296. The van der Waals surface area contributed by atoms with Crippen molar-refractivity contribution < 1.29 is 22.7 Å². The average Bonchev–Trinajstić information content (AvgIpc) is 3.30. The number of imidazole rings is 1. The van der Waals surface area contributed by atoms with Gasteiger partial charge in [-0.25, -0.2) is 9.97 Å². The average molecular weight is 392 g/mol. The molecule has 8 nitrogen and oxygen atoms in total. The van der Waals surface area contributed by atoms with Crippen LogP contribution in [0.5, 0.6) is 11.5 Å². The summed E-state index contributed by atoms with van der Waals surface area (Å²) >= 11 is 5.91. The Kier molecular flexibility index (Phi) is 3.25. The first-order valence-corrected chi connectivity index (χ1v) is 7.97. The molecule has 0 radical (unpaired) electrons. The summed E-state index contributed by atoms with van der Waals surface area (Å²) in [6, 6.07) is 6.08. The zero-order chi connectivity index (χ0) is 18.6. The molecule has 1 aromatic carbocycles. The van der Waals surface area contributed by atoms with Gasteiger partial charge in [0.2, 0.25) is 5.28 Å². The highest BCUT2D eigenvalue weighted by Crippen LogP contribution is 2.41. The molecule has 136 valence electrons. The largest absolute Gasteiger partial charge is 0.586 e. The second-order valence-corrected chi connectivity index (χ2v) is 5.90. The Labute approximate surface area is 154 Å². The fraction of sp³-hybridized carbons (Fsp3) is 0.0625. The molecule has 0 saturated carbocycles. The number of nitrogens with zero attached hydrogens (tertiary/aromatic N) is 4. The molecule has 0 aliphatic carbocycles. The number of alkyl halides is 2. The predicted octanol–water partition coefficient (Wildman–Crippen LogP) is 4.13. The van der Waals surface area contributed by atoms with E-state index in [9.17, 15) is 8.78 Å². The Balaban J connectivity index is 1.45. The van der Waals surface area contributed by atoms with Gasteiger partial charge in [0.15, 0.2) is 22.9 Å². The molecule has 4 aromatic rings. The molecule has 0 amide bonds. The number of hydrogen-bond donors (Lipinski definition) is 1. The van der Waals surface area contributed by atoms with Gasteiger partial charge in [-0.05, 0) is 23.7 Å². The topological polar surface area (TPSA) is 87.2 Å². The maximum absolute atomic E-state index is 13.1. The summed E-state index contributed by atoms with van der Waals surface area (Å²) in [5.74, 6) is 0.703. The van der Waals surface area contributed by atoms with Crippen molar-refractivity contribution in [3.05, 3.63) is 48.3 Å². The summed E-state index contributed by atoms with van der Waals surface area (Å²) in [5.41, 5.74) is 1.53. The van der Waals surface area contributed by atoms with E-state index in [1.165, 1.54) is 24.7 Å². The van der Waals surface area contributed by atoms with Gasteiger partial charge in [0.05, 0.1) is 18.1 Å². The zero-order valence-electron chi connectivity index (χ0n) is 13.2. The van der Waals surface area contributed by atoms with Crippen LogP contribution in [-0.2, 0) is 0 Å². The molecule has 0 saturated heterocycles. The molecule has 1 N–H and O–H groups in total. The highest BCUT2D eigenvalue weighted by molar-refractivity contribution is 6.28. The molecule has 1 aliphatic rings. The third-order valence-electron chi connectivity index (χ3n) is 3.79. The van der Waals surface area contributed by atoms with Crippen molar-refractivity contribution in [3.63, 3.8) is 0 Å². The van der Waals surface area contributed by atoms with Gasteiger partial charge in [-0.3, -0.25) is 0 Å². The van der Waals surface area contributed by atoms with E-state index in [1.807, 2.05) is 0 Å². The van der Waals surface area contributed by atoms with Gasteiger partial charge in [0, 0.05) is 12.1 Å². The van der Waals surface area contributed by atoms with Crippen LogP contribution in [0, 0.1) is 0 Å². The number of ether oxygens (including phenoxy) is 2. The van der Waals surface area contributed by atoms with Crippen molar-refractivity contribution in [1.29, 1.82) is 0 Å². The molecule has 11 heteroatoms. The van der Waals surface area contributed by atoms with E-state index in [0.717, 1.165) is 0 Å². The fourth-order valence-electron chi connectivity index (χ4n) is 2.67. The molecule has 0 spiro atoms. The second-order valence-electron chi connectivity index (χ2n) is 5.57. The maximum Gasteiger partial charge on any atom is 0.586 e. The highest BCUT2D eigenvalue weighted by Gasteiger charge is 2.43. The van der Waals surface area contributed by atoms with Gasteiger partial charge in [0.1, 0.15) is 17.7 Å². The number of rotatable bonds is 3. The van der Waals surface area contributed by atoms with E-state index in [2.05, 4.69) is 29.7 Å². The zero-order valence-corrected chi connectivity index (χ0v) is 13.9. The maximum atomic E-state index is 13.1. The Hall–Kier alpha value is -3.40. The lowest BCUT2D eigenvalue weighted by atomic mass is 10.3. The van der Waals surface area contributed by atoms with Crippen LogP contribution < -0.4 is 14.8 Å². The Morgan fingerprint density at radius 2 is 1.96 bits per heavy atom. The molecule has 27 heavy (non-hydrogen) atoms. The molecule has 1 aliphatic heterocycles. The lowest BCUT2D eigenvalue weighted by molar-refractivity contribution is -0.286. The molecule has 4 heterocycles. The smallest absolute Gasteiger partial charge is 0.459 e. The number of nitrogens with one attached hydrogen (secondary N) is 1. The normalized spacial score (nSPS) is 14.6. The van der Waals surface area contributed by atoms with Crippen molar-refractivity contribution in [2.45, 2.75) is 6.29 Å². The number of hydrogen-bond acceptors (Lipinski definition) is 7. The molecule has 0 fully saturated rings. The third kappa shape index (κ3) is 2.79. The third-order valence-corrected chi connectivity index (χ3v) is 3.96. The van der Waals surface area contributed by atoms with Crippen LogP contribution in [0.3, 0.4) is 0 Å². The summed E-state index contributed by atoms with van der Waals surface area (Å²) in [4.78, 5) is 12.4. The van der Waals surface area contributed by atoms with Crippen LogP contribution in [0.2, 0.25) is 5.28 Å². The van der Waals surface area contributed by atoms with Crippen LogP contribution in [-0.4, -0.2) is 25.8 Å². The standard InChI is InChI=1S/C16H8ClF2N5O3/c17-15-21-9-3-4-25-13(9)14(23-15)22-12-6-24(7-20-12)8-1-2-10-11(5-8)27-16(18,19)26-10/h1-7H,(H,21,22,23). The summed E-state index contributed by atoms with van der Waals surface area (Å²) in [5, 5.41) is 3.05. The second kappa shape index (κ2) is 5.55. The van der Waals surface area contributed by atoms with E-state index >= 15 is 0 Å². The highest BCUT2D eigenvalue weighted by atomic mass is 35.5. The molecule has 5 rings (SSSR count). The number of anilines is 2. The number of fused-ring (bicyclic) bond motifs is 2. The number of furan rings is 1. The lowest BCUT2D eigenvalue weighted by Crippen LogP contribution is -2.25. The molecular weight excluding hydrogens is 384 g/mol. The number of aromatic nitrogens is 4. The van der Waals surface area contributed by atoms with E-state index in [4.69, 9.17) is 16.0 Å². The van der Waals surface area contributed by atoms with Crippen LogP contribution in [0.25, 0.3) is 16.8 Å². The molecule has 0 atom stereocenters. The van der Waals surface area contributed by atoms with Gasteiger partial charge < -0.3 is 23.8 Å². The Bertz CT molecular complexity index is 1180. The SMILES string of the molecule is FC1(F)Oc2ccc(-n3cnc(Nc4nc(Cl)nc5ccoc45)c3)cc2O1.